The van der Waals surface area contributed by atoms with Crippen LogP contribution in [0.2, 0.25) is 0 Å². The lowest BCUT2D eigenvalue weighted by atomic mass is 9.86. The zero-order valence-electron chi connectivity index (χ0n) is 19.1. The number of thioether (sulfide) groups is 1. The van der Waals surface area contributed by atoms with Crippen molar-refractivity contribution in [3.05, 3.63) is 35.7 Å². The Hall–Kier alpha value is -2.55. The smallest absolute Gasteiger partial charge is 0.230 e. The molecule has 0 radical (unpaired) electrons. The Balaban J connectivity index is 1.48. The van der Waals surface area contributed by atoms with Crippen LogP contribution in [0.5, 0.6) is 5.75 Å². The molecule has 8 nitrogen and oxygen atoms in total. The molecule has 2 N–H and O–H groups in total. The fourth-order valence-corrected chi connectivity index (χ4v) is 4.78. The van der Waals surface area contributed by atoms with Crippen LogP contribution in [-0.2, 0) is 29.1 Å². The zero-order chi connectivity index (χ0) is 22.9. The van der Waals surface area contributed by atoms with Gasteiger partial charge in [0.15, 0.2) is 11.0 Å². The van der Waals surface area contributed by atoms with Gasteiger partial charge in [0.2, 0.25) is 11.8 Å². The average Bonchev–Trinajstić information content (AvgIpc) is 3.20. The Bertz CT molecular complexity index is 900. The van der Waals surface area contributed by atoms with E-state index in [4.69, 9.17) is 4.74 Å². The summed E-state index contributed by atoms with van der Waals surface area (Å²) in [6.45, 7) is 5.17. The average molecular weight is 460 g/mol. The van der Waals surface area contributed by atoms with Crippen molar-refractivity contribution in [2.75, 3.05) is 12.9 Å². The third-order valence-electron chi connectivity index (χ3n) is 5.87. The van der Waals surface area contributed by atoms with Crippen LogP contribution in [-0.4, -0.2) is 45.5 Å². The molecule has 1 fully saturated rings. The molecule has 2 atom stereocenters. The standard InChI is InChI=1S/C23H33N5O3S/c1-4-28-20(14-24-21(29)13-17-9-11-18(31-3)12-10-17)26-27-23(28)32-15-22(30)25-19-8-6-5-7-16(19)2/h9-12,16,19H,4-8,13-15H2,1-3H3,(H,24,29)(H,25,30)/t16-,19-/m1/s1. The second-order valence-corrected chi connectivity index (χ2v) is 9.11. The third kappa shape index (κ3) is 6.72. The maximum atomic E-state index is 12.4. The zero-order valence-corrected chi connectivity index (χ0v) is 19.9. The van der Waals surface area contributed by atoms with E-state index < -0.39 is 0 Å². The van der Waals surface area contributed by atoms with Crippen LogP contribution in [0.3, 0.4) is 0 Å². The van der Waals surface area contributed by atoms with Gasteiger partial charge >= 0.3 is 0 Å². The Morgan fingerprint density at radius 2 is 1.91 bits per heavy atom. The predicted octanol–water partition coefficient (Wildman–Crippen LogP) is 2.95. The summed E-state index contributed by atoms with van der Waals surface area (Å²) in [5, 5.41) is 15.2. The van der Waals surface area contributed by atoms with Crippen molar-refractivity contribution in [3.63, 3.8) is 0 Å². The molecule has 3 rings (SSSR count). The van der Waals surface area contributed by atoms with E-state index in [-0.39, 0.29) is 24.3 Å². The minimum Gasteiger partial charge on any atom is -0.497 e. The number of benzene rings is 1. The van der Waals surface area contributed by atoms with Crippen LogP contribution >= 0.6 is 11.8 Å². The maximum absolute atomic E-state index is 12.4. The highest BCUT2D eigenvalue weighted by Crippen LogP contribution is 2.24. The number of carbonyl (C=O) groups excluding carboxylic acids is 2. The van der Waals surface area contributed by atoms with E-state index >= 15 is 0 Å². The van der Waals surface area contributed by atoms with Gasteiger partial charge in [-0.1, -0.05) is 43.7 Å². The predicted molar refractivity (Wildman–Crippen MR) is 125 cm³/mol. The molecule has 0 saturated heterocycles. The minimum atomic E-state index is -0.0870. The molecule has 9 heteroatoms. The van der Waals surface area contributed by atoms with Crippen molar-refractivity contribution in [1.82, 2.24) is 25.4 Å². The van der Waals surface area contributed by atoms with Crippen LogP contribution in [0, 0.1) is 5.92 Å². The number of aromatic nitrogens is 3. The lowest BCUT2D eigenvalue weighted by Gasteiger charge is -2.29. The Labute approximate surface area is 193 Å². The molecular formula is C23H33N5O3S. The van der Waals surface area contributed by atoms with E-state index in [2.05, 4.69) is 27.8 Å². The number of nitrogens with one attached hydrogen (secondary N) is 2. The van der Waals surface area contributed by atoms with Gasteiger partial charge in [-0.3, -0.25) is 9.59 Å². The lowest BCUT2D eigenvalue weighted by molar-refractivity contribution is -0.121. The van der Waals surface area contributed by atoms with Crippen molar-refractivity contribution in [2.45, 2.75) is 70.2 Å². The molecule has 2 aromatic rings. The first-order valence-electron chi connectivity index (χ1n) is 11.2. The molecular weight excluding hydrogens is 426 g/mol. The molecule has 0 unspecified atom stereocenters. The molecule has 32 heavy (non-hydrogen) atoms. The molecule has 1 heterocycles. The fraction of sp³-hybridized carbons (Fsp3) is 0.565. The van der Waals surface area contributed by atoms with Crippen LogP contribution < -0.4 is 15.4 Å². The summed E-state index contributed by atoms with van der Waals surface area (Å²) in [4.78, 5) is 24.7. The van der Waals surface area contributed by atoms with Gasteiger partial charge in [-0.25, -0.2) is 0 Å². The van der Waals surface area contributed by atoms with Crippen LogP contribution in [0.4, 0.5) is 0 Å². The summed E-state index contributed by atoms with van der Waals surface area (Å²) in [5.41, 5.74) is 0.912. The quantitative estimate of drug-likeness (QED) is 0.530. The van der Waals surface area contributed by atoms with Gasteiger partial charge in [0, 0.05) is 12.6 Å². The molecule has 1 aromatic heterocycles. The van der Waals surface area contributed by atoms with Gasteiger partial charge in [0.25, 0.3) is 0 Å². The molecule has 1 aliphatic rings. The van der Waals surface area contributed by atoms with Gasteiger partial charge in [-0.2, -0.15) is 0 Å². The summed E-state index contributed by atoms with van der Waals surface area (Å²) < 4.78 is 7.08. The van der Waals surface area contributed by atoms with E-state index in [0.717, 1.165) is 17.7 Å². The van der Waals surface area contributed by atoms with Gasteiger partial charge < -0.3 is 19.9 Å². The summed E-state index contributed by atoms with van der Waals surface area (Å²) in [7, 11) is 1.61. The van der Waals surface area contributed by atoms with E-state index in [1.54, 1.807) is 7.11 Å². The largest absolute Gasteiger partial charge is 0.497 e. The lowest BCUT2D eigenvalue weighted by Crippen LogP contribution is -2.41. The summed E-state index contributed by atoms with van der Waals surface area (Å²) in [6, 6.07) is 7.70. The Morgan fingerprint density at radius 3 is 2.59 bits per heavy atom. The number of carbonyl (C=O) groups is 2. The summed E-state index contributed by atoms with van der Waals surface area (Å²) in [5.74, 6) is 2.23. The number of nitrogens with zero attached hydrogens (tertiary/aromatic N) is 3. The van der Waals surface area contributed by atoms with Crippen molar-refractivity contribution in [2.24, 2.45) is 5.92 Å². The first-order valence-corrected chi connectivity index (χ1v) is 12.2. The molecule has 1 saturated carbocycles. The minimum absolute atomic E-state index is 0.0359. The molecule has 0 bridgehead atoms. The summed E-state index contributed by atoms with van der Waals surface area (Å²) >= 11 is 1.38. The van der Waals surface area contributed by atoms with Crippen molar-refractivity contribution in [1.29, 1.82) is 0 Å². The highest BCUT2D eigenvalue weighted by molar-refractivity contribution is 7.99. The first-order chi connectivity index (χ1) is 15.5. The third-order valence-corrected chi connectivity index (χ3v) is 6.83. The molecule has 1 aliphatic carbocycles. The van der Waals surface area contributed by atoms with Crippen LogP contribution in [0.1, 0.15) is 50.9 Å². The molecule has 1 aromatic carbocycles. The van der Waals surface area contributed by atoms with Crippen LogP contribution in [0.15, 0.2) is 29.4 Å². The van der Waals surface area contributed by atoms with Gasteiger partial charge in [0.05, 0.1) is 25.8 Å². The van der Waals surface area contributed by atoms with Crippen LogP contribution in [0.25, 0.3) is 0 Å². The Morgan fingerprint density at radius 1 is 1.16 bits per heavy atom. The second kappa shape index (κ2) is 11.9. The number of rotatable bonds is 10. The SMILES string of the molecule is CCn1c(CNC(=O)Cc2ccc(OC)cc2)nnc1SCC(=O)N[C@@H]1CCCC[C@H]1C. The van der Waals surface area contributed by atoms with Gasteiger partial charge in [0.1, 0.15) is 5.75 Å². The number of amides is 2. The highest BCUT2D eigenvalue weighted by atomic mass is 32.2. The number of methoxy groups -OCH3 is 1. The van der Waals surface area contributed by atoms with E-state index in [1.807, 2.05) is 35.8 Å². The number of ether oxygens (including phenoxy) is 1. The fourth-order valence-electron chi connectivity index (χ4n) is 3.95. The van der Waals surface area contributed by atoms with Crippen molar-refractivity contribution >= 4 is 23.6 Å². The molecule has 174 valence electrons. The van der Waals surface area contributed by atoms with Gasteiger partial charge in [-0.05, 0) is 43.4 Å². The normalized spacial score (nSPS) is 18.2. The van der Waals surface area contributed by atoms with Crippen molar-refractivity contribution in [3.8, 4) is 5.75 Å². The highest BCUT2D eigenvalue weighted by Gasteiger charge is 2.23. The Kier molecular flexibility index (Phi) is 8.96. The topological polar surface area (TPSA) is 98.1 Å². The van der Waals surface area contributed by atoms with E-state index in [1.165, 1.54) is 31.0 Å². The maximum Gasteiger partial charge on any atom is 0.230 e. The summed E-state index contributed by atoms with van der Waals surface area (Å²) in [6.07, 6.45) is 4.95. The van der Waals surface area contributed by atoms with E-state index in [9.17, 15) is 9.59 Å². The monoisotopic (exact) mass is 459 g/mol. The first kappa shape index (κ1) is 24.1. The van der Waals surface area contributed by atoms with Gasteiger partial charge in [-0.15, -0.1) is 10.2 Å². The molecule has 0 aliphatic heterocycles. The number of hydrogen-bond acceptors (Lipinski definition) is 6. The second-order valence-electron chi connectivity index (χ2n) is 8.17. The molecule has 0 spiro atoms. The van der Waals surface area contributed by atoms with Crippen molar-refractivity contribution < 1.29 is 14.3 Å². The molecule has 2 amide bonds. The number of hydrogen-bond donors (Lipinski definition) is 2. The van der Waals surface area contributed by atoms with E-state index in [0.29, 0.717) is 35.7 Å².